The molecule has 0 spiro atoms. The molecule has 0 fully saturated rings. The third-order valence-corrected chi connectivity index (χ3v) is 3.63. The summed E-state index contributed by atoms with van der Waals surface area (Å²) in [5, 5.41) is 12.7. The molecular formula is C15H12FNO3S. The summed E-state index contributed by atoms with van der Waals surface area (Å²) in [5.41, 5.74) is 1.13. The second kappa shape index (κ2) is 6.32. The number of carboxylic acid groups (broad SMARTS) is 1. The average molecular weight is 305 g/mol. The number of nitrogens with one attached hydrogen (secondary N) is 1. The van der Waals surface area contributed by atoms with E-state index in [1.54, 1.807) is 30.5 Å². The smallest absolute Gasteiger partial charge is 0.328 e. The molecule has 4 nitrogen and oxygen atoms in total. The summed E-state index contributed by atoms with van der Waals surface area (Å²) in [5.74, 6) is -1.99. The van der Waals surface area contributed by atoms with Gasteiger partial charge in [0.05, 0.1) is 11.3 Å². The van der Waals surface area contributed by atoms with Crippen molar-refractivity contribution in [1.82, 2.24) is 0 Å². The number of benzene rings is 1. The van der Waals surface area contributed by atoms with Crippen molar-refractivity contribution in [3.8, 4) is 0 Å². The van der Waals surface area contributed by atoms with Gasteiger partial charge in [0.15, 0.2) is 0 Å². The van der Waals surface area contributed by atoms with Crippen LogP contribution in [0.2, 0.25) is 0 Å². The molecule has 1 aromatic carbocycles. The number of amides is 1. The van der Waals surface area contributed by atoms with E-state index >= 15 is 0 Å². The lowest BCUT2D eigenvalue weighted by molar-refractivity contribution is -0.131. The Morgan fingerprint density at radius 2 is 2.14 bits per heavy atom. The molecule has 0 unspecified atom stereocenters. The Bertz CT molecular complexity index is 701. The third-order valence-electron chi connectivity index (χ3n) is 2.73. The number of carbonyl (C=O) groups is 2. The Balaban J connectivity index is 2.16. The molecule has 1 heterocycles. The molecule has 0 atom stereocenters. The van der Waals surface area contributed by atoms with Gasteiger partial charge in [-0.2, -0.15) is 0 Å². The molecule has 0 bridgehead atoms. The Kier molecular flexibility index (Phi) is 4.49. The molecule has 0 aliphatic rings. The summed E-state index contributed by atoms with van der Waals surface area (Å²) >= 11 is 1.23. The van der Waals surface area contributed by atoms with Gasteiger partial charge in [0.2, 0.25) is 0 Å². The quantitative estimate of drug-likeness (QED) is 0.849. The molecule has 1 amide bonds. The fourth-order valence-electron chi connectivity index (χ4n) is 1.69. The monoisotopic (exact) mass is 305 g/mol. The first-order valence-corrected chi connectivity index (χ1v) is 6.91. The van der Waals surface area contributed by atoms with E-state index < -0.39 is 17.7 Å². The number of para-hydroxylation sites is 1. The zero-order chi connectivity index (χ0) is 15.4. The lowest BCUT2D eigenvalue weighted by atomic mass is 10.2. The highest BCUT2D eigenvalue weighted by Gasteiger charge is 2.12. The van der Waals surface area contributed by atoms with Crippen LogP contribution in [0.3, 0.4) is 0 Å². The number of hydrogen-bond donors (Lipinski definition) is 2. The van der Waals surface area contributed by atoms with Gasteiger partial charge in [-0.1, -0.05) is 12.1 Å². The average Bonchev–Trinajstić information content (AvgIpc) is 2.89. The minimum Gasteiger partial charge on any atom is -0.478 e. The first-order valence-electron chi connectivity index (χ1n) is 6.03. The maximum Gasteiger partial charge on any atom is 0.328 e. The van der Waals surface area contributed by atoms with Crippen LogP contribution in [0.5, 0.6) is 0 Å². The van der Waals surface area contributed by atoms with E-state index in [9.17, 15) is 14.0 Å². The Morgan fingerprint density at radius 1 is 1.38 bits per heavy atom. The van der Waals surface area contributed by atoms with Crippen molar-refractivity contribution in [2.45, 2.75) is 6.92 Å². The summed E-state index contributed by atoms with van der Waals surface area (Å²) in [7, 11) is 0. The van der Waals surface area contributed by atoms with Crippen LogP contribution in [-0.2, 0) is 4.79 Å². The minimum absolute atomic E-state index is 0.149. The van der Waals surface area contributed by atoms with E-state index in [1.165, 1.54) is 23.5 Å². The number of halogens is 1. The lowest BCUT2D eigenvalue weighted by Crippen LogP contribution is -2.13. The van der Waals surface area contributed by atoms with Gasteiger partial charge in [0.1, 0.15) is 5.82 Å². The van der Waals surface area contributed by atoms with E-state index in [-0.39, 0.29) is 5.69 Å². The van der Waals surface area contributed by atoms with Crippen molar-refractivity contribution < 1.29 is 19.1 Å². The molecule has 0 saturated carbocycles. The standard InChI is InChI=1S/C15H12FNO3S/c1-9-3-2-4-12(16)14(9)17-15(20)10-7-11(21-8-10)5-6-13(18)19/h2-8H,1H3,(H,17,20)(H,18,19)/b6-5+. The van der Waals surface area contributed by atoms with Crippen molar-refractivity contribution in [1.29, 1.82) is 0 Å². The number of anilines is 1. The normalized spacial score (nSPS) is 10.8. The molecule has 2 aromatic rings. The fraction of sp³-hybridized carbons (Fsp3) is 0.0667. The van der Waals surface area contributed by atoms with Crippen molar-refractivity contribution in [2.24, 2.45) is 0 Å². The second-order valence-corrected chi connectivity index (χ2v) is 5.24. The third kappa shape index (κ3) is 3.76. The summed E-state index contributed by atoms with van der Waals surface area (Å²) in [6.07, 6.45) is 2.40. The van der Waals surface area contributed by atoms with Gasteiger partial charge in [-0.3, -0.25) is 4.79 Å². The van der Waals surface area contributed by atoms with Crippen LogP contribution in [0.1, 0.15) is 20.8 Å². The van der Waals surface area contributed by atoms with Crippen LogP contribution in [0.4, 0.5) is 10.1 Å². The number of hydrogen-bond acceptors (Lipinski definition) is 3. The molecular weight excluding hydrogens is 293 g/mol. The first kappa shape index (κ1) is 14.9. The molecule has 0 aliphatic heterocycles. The summed E-state index contributed by atoms with van der Waals surface area (Å²) in [6, 6.07) is 6.10. The van der Waals surface area contributed by atoms with Crippen LogP contribution in [0, 0.1) is 12.7 Å². The van der Waals surface area contributed by atoms with E-state index in [4.69, 9.17) is 5.11 Å². The SMILES string of the molecule is Cc1cccc(F)c1NC(=O)c1csc(/C=C/C(=O)O)c1. The highest BCUT2D eigenvalue weighted by molar-refractivity contribution is 7.11. The molecule has 6 heteroatoms. The van der Waals surface area contributed by atoms with Crippen LogP contribution < -0.4 is 5.32 Å². The minimum atomic E-state index is -1.06. The number of thiophene rings is 1. The van der Waals surface area contributed by atoms with E-state index in [1.807, 2.05) is 0 Å². The molecule has 1 aromatic heterocycles. The first-order chi connectivity index (χ1) is 9.97. The number of carboxylic acids is 1. The number of aliphatic carboxylic acids is 1. The van der Waals surface area contributed by atoms with Crippen LogP contribution >= 0.6 is 11.3 Å². The molecule has 0 saturated heterocycles. The fourth-order valence-corrected chi connectivity index (χ4v) is 2.47. The summed E-state index contributed by atoms with van der Waals surface area (Å²) in [6.45, 7) is 1.70. The van der Waals surface area contributed by atoms with Crippen molar-refractivity contribution in [3.63, 3.8) is 0 Å². The second-order valence-electron chi connectivity index (χ2n) is 4.30. The van der Waals surface area contributed by atoms with Gasteiger partial charge >= 0.3 is 5.97 Å². The van der Waals surface area contributed by atoms with Gasteiger partial charge in [-0.15, -0.1) is 11.3 Å². The van der Waals surface area contributed by atoms with Crippen LogP contribution in [0.15, 0.2) is 35.7 Å². The predicted octanol–water partition coefficient (Wildman–Crippen LogP) is 3.55. The van der Waals surface area contributed by atoms with E-state index in [2.05, 4.69) is 5.32 Å². The van der Waals surface area contributed by atoms with Crippen molar-refractivity contribution >= 4 is 35.0 Å². The molecule has 0 radical (unpaired) electrons. The van der Waals surface area contributed by atoms with Crippen LogP contribution in [0.25, 0.3) is 6.08 Å². The highest BCUT2D eigenvalue weighted by atomic mass is 32.1. The van der Waals surface area contributed by atoms with Gasteiger partial charge in [-0.25, -0.2) is 9.18 Å². The van der Waals surface area contributed by atoms with Gasteiger partial charge in [0.25, 0.3) is 5.91 Å². The maximum atomic E-state index is 13.7. The number of aryl methyl sites for hydroxylation is 1. The zero-order valence-corrected chi connectivity index (χ0v) is 11.9. The van der Waals surface area contributed by atoms with Gasteiger partial charge in [-0.05, 0) is 30.7 Å². The Labute approximate surface area is 124 Å². The Morgan fingerprint density at radius 3 is 2.81 bits per heavy atom. The molecule has 2 rings (SSSR count). The van der Waals surface area contributed by atoms with Gasteiger partial charge < -0.3 is 10.4 Å². The summed E-state index contributed by atoms with van der Waals surface area (Å²) in [4.78, 5) is 23.1. The molecule has 108 valence electrons. The topological polar surface area (TPSA) is 66.4 Å². The predicted molar refractivity (Wildman–Crippen MR) is 80.1 cm³/mol. The van der Waals surface area contributed by atoms with Crippen molar-refractivity contribution in [2.75, 3.05) is 5.32 Å². The number of rotatable bonds is 4. The molecule has 2 N–H and O–H groups in total. The van der Waals surface area contributed by atoms with Crippen molar-refractivity contribution in [3.05, 3.63) is 57.5 Å². The highest BCUT2D eigenvalue weighted by Crippen LogP contribution is 2.21. The summed E-state index contributed by atoms with van der Waals surface area (Å²) < 4.78 is 13.7. The van der Waals surface area contributed by atoms with Crippen LogP contribution in [-0.4, -0.2) is 17.0 Å². The molecule has 21 heavy (non-hydrogen) atoms. The van der Waals surface area contributed by atoms with Gasteiger partial charge in [0, 0.05) is 16.3 Å². The number of carbonyl (C=O) groups excluding carboxylic acids is 1. The maximum absolute atomic E-state index is 13.7. The molecule has 0 aliphatic carbocycles. The lowest BCUT2D eigenvalue weighted by Gasteiger charge is -2.08. The van der Waals surface area contributed by atoms with E-state index in [0.717, 1.165) is 6.08 Å². The Hall–Kier alpha value is -2.47. The zero-order valence-electron chi connectivity index (χ0n) is 11.1. The largest absolute Gasteiger partial charge is 0.478 e. The van der Waals surface area contributed by atoms with E-state index in [0.29, 0.717) is 16.0 Å².